The average Bonchev–Trinajstić information content (AvgIpc) is 3.44. The van der Waals surface area contributed by atoms with Crippen LogP contribution in [0.2, 0.25) is 0 Å². The van der Waals surface area contributed by atoms with E-state index in [0.717, 1.165) is 44.6 Å². The van der Waals surface area contributed by atoms with E-state index in [2.05, 4.69) is 44.7 Å². The predicted molar refractivity (Wildman–Crippen MR) is 117 cm³/mol. The Labute approximate surface area is 172 Å². The third kappa shape index (κ3) is 2.82. The van der Waals surface area contributed by atoms with Crippen LogP contribution >= 0.6 is 0 Å². The van der Waals surface area contributed by atoms with Crippen LogP contribution in [0.4, 0.5) is 0 Å². The van der Waals surface area contributed by atoms with Crippen molar-refractivity contribution in [2.24, 2.45) is 0 Å². The molecule has 142 valence electrons. The van der Waals surface area contributed by atoms with Crippen LogP contribution in [0.25, 0.3) is 44.6 Å². The molecule has 0 radical (unpaired) electrons. The summed E-state index contributed by atoms with van der Waals surface area (Å²) in [6.45, 7) is 0. The molecule has 0 aliphatic rings. The summed E-state index contributed by atoms with van der Waals surface area (Å²) < 4.78 is 0. The van der Waals surface area contributed by atoms with Gasteiger partial charge in [0.25, 0.3) is 0 Å². The molecule has 0 fully saturated rings. The van der Waals surface area contributed by atoms with Gasteiger partial charge in [-0.3, -0.25) is 0 Å². The fourth-order valence-corrected chi connectivity index (χ4v) is 3.57. The second-order valence-electron chi connectivity index (χ2n) is 7.06. The molecular weight excluding hydrogens is 372 g/mol. The van der Waals surface area contributed by atoms with E-state index >= 15 is 0 Å². The summed E-state index contributed by atoms with van der Waals surface area (Å²) in [5.41, 5.74) is 7.49. The van der Waals surface area contributed by atoms with E-state index in [1.54, 1.807) is 9.59 Å². The van der Waals surface area contributed by atoms with E-state index < -0.39 is 0 Å². The minimum atomic E-state index is 0.877. The van der Waals surface area contributed by atoms with Gasteiger partial charge in [0.15, 0.2) is 0 Å². The summed E-state index contributed by atoms with van der Waals surface area (Å²) in [5, 5.41) is 18.4. The van der Waals surface area contributed by atoms with Gasteiger partial charge in [-0.25, -0.2) is 0 Å². The van der Waals surface area contributed by atoms with Crippen molar-refractivity contribution >= 4 is 22.1 Å². The third-order valence-electron chi connectivity index (χ3n) is 5.06. The van der Waals surface area contributed by atoms with Gasteiger partial charge < -0.3 is 0 Å². The molecule has 0 aliphatic carbocycles. The minimum absolute atomic E-state index is 0.877. The maximum atomic E-state index is 4.59. The van der Waals surface area contributed by atoms with E-state index in [4.69, 9.17) is 0 Å². The first kappa shape index (κ1) is 16.6. The van der Waals surface area contributed by atoms with Gasteiger partial charge in [0.2, 0.25) is 0 Å². The topological polar surface area (TPSA) is 61.4 Å². The highest BCUT2D eigenvalue weighted by Gasteiger charge is 2.08. The summed E-state index contributed by atoms with van der Waals surface area (Å²) in [4.78, 5) is 3.36. The summed E-state index contributed by atoms with van der Waals surface area (Å²) >= 11 is 0. The van der Waals surface area contributed by atoms with Crippen LogP contribution in [-0.4, -0.2) is 30.0 Å². The van der Waals surface area contributed by atoms with Gasteiger partial charge in [-0.2, -0.15) is 9.59 Å². The highest BCUT2D eigenvalue weighted by molar-refractivity contribution is 5.75. The van der Waals surface area contributed by atoms with Crippen LogP contribution in [0.5, 0.6) is 0 Å². The third-order valence-corrected chi connectivity index (χ3v) is 5.06. The lowest BCUT2D eigenvalue weighted by Crippen LogP contribution is -1.99. The zero-order valence-corrected chi connectivity index (χ0v) is 15.9. The van der Waals surface area contributed by atoms with Gasteiger partial charge in [-0.15, -0.1) is 20.4 Å². The monoisotopic (exact) mass is 388 g/mol. The van der Waals surface area contributed by atoms with Crippen molar-refractivity contribution in [3.05, 3.63) is 97.1 Å². The largest absolute Gasteiger partial charge is 0.150 e. The molecule has 0 unspecified atom stereocenters. The zero-order chi connectivity index (χ0) is 19.9. The molecule has 6 heteroatoms. The van der Waals surface area contributed by atoms with E-state index in [1.165, 1.54) is 0 Å². The summed E-state index contributed by atoms with van der Waals surface area (Å²) in [6, 6.07) is 32.1. The van der Waals surface area contributed by atoms with E-state index in [-0.39, 0.29) is 0 Å². The van der Waals surface area contributed by atoms with Crippen LogP contribution in [0.15, 0.2) is 97.1 Å². The maximum Gasteiger partial charge on any atom is 0.113 e. The first-order valence-electron chi connectivity index (χ1n) is 9.69. The van der Waals surface area contributed by atoms with Crippen LogP contribution in [0.3, 0.4) is 0 Å². The number of nitrogens with zero attached hydrogens (tertiary/aromatic N) is 6. The van der Waals surface area contributed by atoms with Crippen molar-refractivity contribution in [1.82, 2.24) is 30.0 Å². The van der Waals surface area contributed by atoms with Gasteiger partial charge in [-0.05, 0) is 59.7 Å². The number of hydrogen-bond acceptors (Lipinski definition) is 4. The zero-order valence-electron chi connectivity index (χ0n) is 15.9. The Morgan fingerprint density at radius 1 is 0.400 bits per heavy atom. The number of aromatic nitrogens is 6. The molecule has 2 aromatic heterocycles. The maximum absolute atomic E-state index is 4.59. The fourth-order valence-electron chi connectivity index (χ4n) is 3.57. The first-order chi connectivity index (χ1) is 14.8. The van der Waals surface area contributed by atoms with Gasteiger partial charge in [-0.1, -0.05) is 48.5 Å². The van der Waals surface area contributed by atoms with Gasteiger partial charge in [0.05, 0.1) is 11.4 Å². The molecule has 30 heavy (non-hydrogen) atoms. The van der Waals surface area contributed by atoms with Gasteiger partial charge in [0.1, 0.15) is 22.1 Å². The Kier molecular flexibility index (Phi) is 3.67. The average molecular weight is 388 g/mol. The second kappa shape index (κ2) is 6.63. The molecule has 0 bridgehead atoms. The van der Waals surface area contributed by atoms with E-state index in [9.17, 15) is 0 Å². The molecule has 6 nitrogen and oxygen atoms in total. The SMILES string of the molecule is c1cc(-c2cccc(-n3nc4ccccc4n3)c2)cc(-n2nc3ccccc3n2)c1. The molecule has 0 atom stereocenters. The van der Waals surface area contributed by atoms with E-state index in [0.29, 0.717) is 0 Å². The lowest BCUT2D eigenvalue weighted by Gasteiger charge is -2.07. The van der Waals surface area contributed by atoms with Crippen molar-refractivity contribution < 1.29 is 0 Å². The minimum Gasteiger partial charge on any atom is -0.150 e. The van der Waals surface area contributed by atoms with Gasteiger partial charge in [0, 0.05) is 0 Å². The molecule has 4 aromatic carbocycles. The number of fused-ring (bicyclic) bond motifs is 2. The van der Waals surface area contributed by atoms with Crippen molar-refractivity contribution in [3.63, 3.8) is 0 Å². The molecule has 6 rings (SSSR count). The highest BCUT2D eigenvalue weighted by Crippen LogP contribution is 2.24. The number of benzene rings is 4. The van der Waals surface area contributed by atoms with Crippen LogP contribution in [0.1, 0.15) is 0 Å². The van der Waals surface area contributed by atoms with E-state index in [1.807, 2.05) is 72.8 Å². The molecule has 0 N–H and O–H groups in total. The predicted octanol–water partition coefficient (Wildman–Crippen LogP) is 4.82. The summed E-state index contributed by atoms with van der Waals surface area (Å²) in [5.74, 6) is 0. The van der Waals surface area contributed by atoms with Crippen LogP contribution in [0, 0.1) is 0 Å². The molecular formula is C24H16N6. The molecule has 0 saturated heterocycles. The normalized spacial score (nSPS) is 11.3. The summed E-state index contributed by atoms with van der Waals surface area (Å²) in [6.07, 6.45) is 0. The Balaban J connectivity index is 1.41. The quantitative estimate of drug-likeness (QED) is 0.436. The van der Waals surface area contributed by atoms with Crippen LogP contribution < -0.4 is 0 Å². The first-order valence-corrected chi connectivity index (χ1v) is 9.69. The second-order valence-corrected chi connectivity index (χ2v) is 7.06. The van der Waals surface area contributed by atoms with Crippen molar-refractivity contribution in [2.75, 3.05) is 0 Å². The van der Waals surface area contributed by atoms with Gasteiger partial charge >= 0.3 is 0 Å². The lowest BCUT2D eigenvalue weighted by molar-refractivity contribution is 0.765. The van der Waals surface area contributed by atoms with Crippen molar-refractivity contribution in [3.8, 4) is 22.5 Å². The Hall–Kier alpha value is -4.32. The van der Waals surface area contributed by atoms with Crippen molar-refractivity contribution in [2.45, 2.75) is 0 Å². The molecule has 0 saturated carbocycles. The lowest BCUT2D eigenvalue weighted by atomic mass is 10.0. The van der Waals surface area contributed by atoms with Crippen LogP contribution in [-0.2, 0) is 0 Å². The molecule has 0 spiro atoms. The van der Waals surface area contributed by atoms with Crippen molar-refractivity contribution in [1.29, 1.82) is 0 Å². The Morgan fingerprint density at radius 2 is 0.767 bits per heavy atom. The number of hydrogen-bond donors (Lipinski definition) is 0. The standard InChI is InChI=1S/C24H16N6/c1-2-12-22-21(11-1)25-29(26-22)19-9-5-7-17(15-19)18-8-6-10-20(16-18)30-27-23-13-3-4-14-24(23)28-30/h1-16H. The Morgan fingerprint density at radius 3 is 1.13 bits per heavy atom. The number of rotatable bonds is 3. The molecule has 6 aromatic rings. The summed E-state index contributed by atoms with van der Waals surface area (Å²) in [7, 11) is 0. The fraction of sp³-hybridized carbons (Fsp3) is 0. The highest BCUT2D eigenvalue weighted by atomic mass is 15.5. The molecule has 2 heterocycles. The molecule has 0 amide bonds. The smallest absolute Gasteiger partial charge is 0.113 e. The molecule has 0 aliphatic heterocycles. The Bertz CT molecular complexity index is 1330.